The highest BCUT2D eigenvalue weighted by Crippen LogP contribution is 2.22. The zero-order valence-corrected chi connectivity index (χ0v) is 10.3. The van der Waals surface area contributed by atoms with Gasteiger partial charge in [-0.1, -0.05) is 36.5 Å². The molecule has 0 aliphatic rings. The Morgan fingerprint density at radius 2 is 1.87 bits per heavy atom. The van der Waals surface area contributed by atoms with Crippen LogP contribution in [0.3, 0.4) is 0 Å². The lowest BCUT2D eigenvalue weighted by Gasteiger charge is -2.14. The Morgan fingerprint density at radius 3 is 2.33 bits per heavy atom. The Hall–Kier alpha value is -0.440. The van der Waals surface area contributed by atoms with E-state index in [0.29, 0.717) is 22.5 Å². The van der Waals surface area contributed by atoms with Gasteiger partial charge in [-0.2, -0.15) is 0 Å². The second-order valence-corrected chi connectivity index (χ2v) is 4.42. The molecule has 1 aromatic rings. The van der Waals surface area contributed by atoms with Crippen molar-refractivity contribution >= 4 is 28.9 Å². The van der Waals surface area contributed by atoms with Crippen LogP contribution >= 0.6 is 23.2 Å². The van der Waals surface area contributed by atoms with Crippen LogP contribution in [0.2, 0.25) is 10.0 Å². The molecule has 0 fully saturated rings. The predicted octanol–water partition coefficient (Wildman–Crippen LogP) is 3.39. The van der Waals surface area contributed by atoms with Gasteiger partial charge in [-0.25, -0.2) is 0 Å². The van der Waals surface area contributed by atoms with Crippen LogP contribution in [0.15, 0.2) is 18.2 Å². The van der Waals surface area contributed by atoms with Crippen molar-refractivity contribution in [3.05, 3.63) is 28.2 Å². The number of hydrogen-bond donors (Lipinski definition) is 2. The summed E-state index contributed by atoms with van der Waals surface area (Å²) >= 11 is 11.8. The molecule has 0 bridgehead atoms. The Labute approximate surface area is 101 Å². The molecular formula is C11H16Cl2N2. The zero-order chi connectivity index (χ0) is 11.3. The van der Waals surface area contributed by atoms with Crippen molar-refractivity contribution in [1.29, 1.82) is 0 Å². The summed E-state index contributed by atoms with van der Waals surface area (Å²) in [6, 6.07) is 5.43. The average Bonchev–Trinajstić information content (AvgIpc) is 2.18. The van der Waals surface area contributed by atoms with Crippen LogP contribution in [0.25, 0.3) is 0 Å². The van der Waals surface area contributed by atoms with Crippen molar-refractivity contribution in [2.75, 3.05) is 18.4 Å². The van der Waals surface area contributed by atoms with Crippen molar-refractivity contribution in [2.45, 2.75) is 13.3 Å². The number of rotatable bonds is 5. The number of benzene rings is 1. The van der Waals surface area contributed by atoms with E-state index in [2.05, 4.69) is 12.2 Å². The highest BCUT2D eigenvalue weighted by molar-refractivity contribution is 6.35. The van der Waals surface area contributed by atoms with Gasteiger partial charge in [-0.3, -0.25) is 0 Å². The predicted molar refractivity (Wildman–Crippen MR) is 67.8 cm³/mol. The van der Waals surface area contributed by atoms with Crippen LogP contribution in [0.5, 0.6) is 0 Å². The van der Waals surface area contributed by atoms with Gasteiger partial charge in [0.25, 0.3) is 0 Å². The Balaban J connectivity index is 2.57. The quantitative estimate of drug-likeness (QED) is 0.836. The standard InChI is InChI=1S/C11H16Cl2N2/c1-2-8(6-14)7-15-11-4-9(12)3-10(13)5-11/h3-5,8,15H,2,6-7,14H2,1H3. The summed E-state index contributed by atoms with van der Waals surface area (Å²) in [6.45, 7) is 3.67. The number of anilines is 1. The first-order chi connectivity index (χ1) is 7.15. The van der Waals surface area contributed by atoms with Crippen molar-refractivity contribution in [3.63, 3.8) is 0 Å². The van der Waals surface area contributed by atoms with E-state index >= 15 is 0 Å². The van der Waals surface area contributed by atoms with Crippen LogP contribution in [-0.4, -0.2) is 13.1 Å². The van der Waals surface area contributed by atoms with E-state index in [9.17, 15) is 0 Å². The second-order valence-electron chi connectivity index (χ2n) is 3.55. The molecule has 0 heterocycles. The summed E-state index contributed by atoms with van der Waals surface area (Å²) in [5, 5.41) is 4.57. The third kappa shape index (κ3) is 4.29. The molecule has 1 unspecified atom stereocenters. The van der Waals surface area contributed by atoms with Crippen molar-refractivity contribution in [3.8, 4) is 0 Å². The highest BCUT2D eigenvalue weighted by atomic mass is 35.5. The number of halogens is 2. The van der Waals surface area contributed by atoms with E-state index < -0.39 is 0 Å². The van der Waals surface area contributed by atoms with E-state index in [-0.39, 0.29) is 0 Å². The summed E-state index contributed by atoms with van der Waals surface area (Å²) in [6.07, 6.45) is 1.07. The summed E-state index contributed by atoms with van der Waals surface area (Å²) < 4.78 is 0. The molecule has 0 amide bonds. The Morgan fingerprint density at radius 1 is 1.27 bits per heavy atom. The van der Waals surface area contributed by atoms with E-state index in [0.717, 1.165) is 18.7 Å². The summed E-state index contributed by atoms with van der Waals surface area (Å²) in [7, 11) is 0. The smallest absolute Gasteiger partial charge is 0.0441 e. The minimum atomic E-state index is 0.489. The minimum absolute atomic E-state index is 0.489. The first-order valence-electron chi connectivity index (χ1n) is 5.05. The maximum Gasteiger partial charge on any atom is 0.0441 e. The maximum atomic E-state index is 5.88. The molecule has 4 heteroatoms. The highest BCUT2D eigenvalue weighted by Gasteiger charge is 2.04. The largest absolute Gasteiger partial charge is 0.385 e. The van der Waals surface area contributed by atoms with Gasteiger partial charge in [-0.15, -0.1) is 0 Å². The van der Waals surface area contributed by atoms with E-state index in [1.54, 1.807) is 6.07 Å². The third-order valence-corrected chi connectivity index (χ3v) is 2.80. The molecule has 15 heavy (non-hydrogen) atoms. The van der Waals surface area contributed by atoms with Crippen LogP contribution in [0, 0.1) is 5.92 Å². The number of nitrogens with one attached hydrogen (secondary N) is 1. The van der Waals surface area contributed by atoms with Gasteiger partial charge in [0.2, 0.25) is 0 Å². The molecule has 0 saturated carbocycles. The van der Waals surface area contributed by atoms with Gasteiger partial charge in [-0.05, 0) is 30.7 Å². The van der Waals surface area contributed by atoms with Crippen molar-refractivity contribution in [1.82, 2.24) is 0 Å². The Bertz CT molecular complexity index is 291. The fraction of sp³-hybridized carbons (Fsp3) is 0.455. The topological polar surface area (TPSA) is 38.0 Å². The monoisotopic (exact) mass is 246 g/mol. The third-order valence-electron chi connectivity index (χ3n) is 2.37. The van der Waals surface area contributed by atoms with Crippen LogP contribution < -0.4 is 11.1 Å². The minimum Gasteiger partial charge on any atom is -0.385 e. The fourth-order valence-electron chi connectivity index (χ4n) is 1.31. The maximum absolute atomic E-state index is 5.88. The van der Waals surface area contributed by atoms with E-state index in [1.807, 2.05) is 12.1 Å². The number of nitrogens with two attached hydrogens (primary N) is 1. The molecular weight excluding hydrogens is 231 g/mol. The van der Waals surface area contributed by atoms with Gasteiger partial charge >= 0.3 is 0 Å². The molecule has 2 nitrogen and oxygen atoms in total. The fourth-order valence-corrected chi connectivity index (χ4v) is 1.84. The summed E-state index contributed by atoms with van der Waals surface area (Å²) in [5.41, 5.74) is 6.56. The van der Waals surface area contributed by atoms with Crippen LogP contribution in [0.4, 0.5) is 5.69 Å². The molecule has 1 aromatic carbocycles. The molecule has 0 aromatic heterocycles. The first-order valence-corrected chi connectivity index (χ1v) is 5.81. The molecule has 1 rings (SSSR count). The zero-order valence-electron chi connectivity index (χ0n) is 8.76. The van der Waals surface area contributed by atoms with E-state index in [4.69, 9.17) is 28.9 Å². The van der Waals surface area contributed by atoms with Crippen LogP contribution in [0.1, 0.15) is 13.3 Å². The molecule has 0 spiro atoms. The van der Waals surface area contributed by atoms with Crippen molar-refractivity contribution < 1.29 is 0 Å². The molecule has 0 aliphatic heterocycles. The molecule has 0 radical (unpaired) electrons. The van der Waals surface area contributed by atoms with Gasteiger partial charge in [0.05, 0.1) is 0 Å². The Kier molecular flexibility index (Phi) is 5.23. The molecule has 84 valence electrons. The molecule has 0 aliphatic carbocycles. The van der Waals surface area contributed by atoms with E-state index in [1.165, 1.54) is 0 Å². The lowest BCUT2D eigenvalue weighted by molar-refractivity contribution is 0.548. The second kappa shape index (κ2) is 6.21. The SMILES string of the molecule is CCC(CN)CNc1cc(Cl)cc(Cl)c1. The number of hydrogen-bond acceptors (Lipinski definition) is 2. The summed E-state index contributed by atoms with van der Waals surface area (Å²) in [5.74, 6) is 0.489. The lowest BCUT2D eigenvalue weighted by atomic mass is 10.1. The molecule has 0 saturated heterocycles. The van der Waals surface area contributed by atoms with Crippen LogP contribution in [-0.2, 0) is 0 Å². The van der Waals surface area contributed by atoms with Crippen molar-refractivity contribution in [2.24, 2.45) is 11.7 Å². The summed E-state index contributed by atoms with van der Waals surface area (Å²) in [4.78, 5) is 0. The normalized spacial score (nSPS) is 12.5. The lowest BCUT2D eigenvalue weighted by Crippen LogP contribution is -2.22. The van der Waals surface area contributed by atoms with Gasteiger partial charge in [0.1, 0.15) is 0 Å². The van der Waals surface area contributed by atoms with Gasteiger partial charge < -0.3 is 11.1 Å². The molecule has 1 atom stereocenters. The molecule has 3 N–H and O–H groups in total. The first kappa shape index (κ1) is 12.6. The van der Waals surface area contributed by atoms with Gasteiger partial charge in [0, 0.05) is 22.3 Å². The average molecular weight is 247 g/mol. The van der Waals surface area contributed by atoms with Gasteiger partial charge in [0.15, 0.2) is 0 Å².